The second-order valence-corrected chi connectivity index (χ2v) is 5.62. The van der Waals surface area contributed by atoms with E-state index in [0.29, 0.717) is 6.42 Å². The lowest BCUT2D eigenvalue weighted by atomic mass is 9.79. The summed E-state index contributed by atoms with van der Waals surface area (Å²) >= 11 is 3.54. The molecule has 0 spiro atoms. The molecule has 2 unspecified atom stereocenters. The van der Waals surface area contributed by atoms with Gasteiger partial charge in [0.15, 0.2) is 0 Å². The van der Waals surface area contributed by atoms with Crippen molar-refractivity contribution in [3.05, 3.63) is 33.8 Å². The summed E-state index contributed by atoms with van der Waals surface area (Å²) in [5, 5.41) is 2.42. The molecule has 2 rings (SSSR count). The third kappa shape index (κ3) is 2.48. The predicted molar refractivity (Wildman–Crippen MR) is 73.2 cm³/mol. The summed E-state index contributed by atoms with van der Waals surface area (Å²) in [6.07, 6.45) is 1.12. The van der Waals surface area contributed by atoms with E-state index in [1.807, 2.05) is 32.0 Å². The van der Waals surface area contributed by atoms with Gasteiger partial charge in [0.25, 0.3) is 0 Å². The van der Waals surface area contributed by atoms with Crippen LogP contribution in [0.2, 0.25) is 0 Å². The number of carbonyl (C=O) groups excluding carboxylic acids is 2. The molecule has 1 aromatic carbocycles. The van der Waals surface area contributed by atoms with Crippen LogP contribution < -0.4 is 5.32 Å². The van der Waals surface area contributed by atoms with Gasteiger partial charge in [0.2, 0.25) is 11.8 Å². The van der Waals surface area contributed by atoms with Crippen molar-refractivity contribution >= 4 is 27.7 Å². The average Bonchev–Trinajstić information content (AvgIpc) is 2.28. The zero-order valence-electron chi connectivity index (χ0n) is 10.5. The predicted octanol–water partition coefficient (Wildman–Crippen LogP) is 2.91. The van der Waals surface area contributed by atoms with E-state index in [4.69, 9.17) is 0 Å². The van der Waals surface area contributed by atoms with Gasteiger partial charge >= 0.3 is 0 Å². The van der Waals surface area contributed by atoms with Crippen molar-refractivity contribution in [2.24, 2.45) is 5.92 Å². The summed E-state index contributed by atoms with van der Waals surface area (Å²) in [7, 11) is 0. The first kappa shape index (κ1) is 13.3. The van der Waals surface area contributed by atoms with Crippen LogP contribution >= 0.6 is 15.9 Å². The molecule has 18 heavy (non-hydrogen) atoms. The third-order valence-electron chi connectivity index (χ3n) is 3.49. The lowest BCUT2D eigenvalue weighted by Crippen LogP contribution is -2.44. The van der Waals surface area contributed by atoms with Crippen LogP contribution in [0.5, 0.6) is 0 Å². The minimum absolute atomic E-state index is 0.0220. The van der Waals surface area contributed by atoms with E-state index in [0.717, 1.165) is 22.0 Å². The molecule has 1 fully saturated rings. The smallest absolute Gasteiger partial charge is 0.230 e. The largest absolute Gasteiger partial charge is 0.296 e. The number of carbonyl (C=O) groups is 2. The van der Waals surface area contributed by atoms with Gasteiger partial charge in [0.05, 0.1) is 0 Å². The van der Waals surface area contributed by atoms with Crippen molar-refractivity contribution in [1.82, 2.24) is 5.32 Å². The SMILES string of the molecule is CCC1C(=O)NC(=O)CC1c1ccc(C)cc1Br. The lowest BCUT2D eigenvalue weighted by molar-refractivity contribution is -0.137. The Bertz CT molecular complexity index is 499. The summed E-state index contributed by atoms with van der Waals surface area (Å²) in [6.45, 7) is 4.00. The number of piperidine rings is 1. The second-order valence-electron chi connectivity index (χ2n) is 4.76. The molecule has 1 saturated heterocycles. The quantitative estimate of drug-likeness (QED) is 0.854. The van der Waals surface area contributed by atoms with Gasteiger partial charge in [-0.2, -0.15) is 0 Å². The van der Waals surface area contributed by atoms with E-state index < -0.39 is 0 Å². The monoisotopic (exact) mass is 309 g/mol. The second kappa shape index (κ2) is 5.22. The highest BCUT2D eigenvalue weighted by Crippen LogP contribution is 2.37. The van der Waals surface area contributed by atoms with Gasteiger partial charge in [-0.1, -0.05) is 35.0 Å². The molecule has 1 heterocycles. The van der Waals surface area contributed by atoms with Crippen LogP contribution in [0.3, 0.4) is 0 Å². The van der Waals surface area contributed by atoms with E-state index in [1.54, 1.807) is 0 Å². The van der Waals surface area contributed by atoms with E-state index in [2.05, 4.69) is 21.2 Å². The summed E-state index contributed by atoms with van der Waals surface area (Å²) < 4.78 is 0.980. The Morgan fingerprint density at radius 3 is 2.72 bits per heavy atom. The van der Waals surface area contributed by atoms with Gasteiger partial charge in [-0.15, -0.1) is 0 Å². The first-order valence-electron chi connectivity index (χ1n) is 6.12. The van der Waals surface area contributed by atoms with Gasteiger partial charge in [-0.05, 0) is 30.5 Å². The van der Waals surface area contributed by atoms with E-state index >= 15 is 0 Å². The van der Waals surface area contributed by atoms with Crippen molar-refractivity contribution in [2.75, 3.05) is 0 Å². The maximum atomic E-state index is 11.9. The Hall–Kier alpha value is -1.16. The number of benzene rings is 1. The molecule has 0 saturated carbocycles. The molecule has 0 bridgehead atoms. The number of imide groups is 1. The van der Waals surface area contributed by atoms with Gasteiger partial charge < -0.3 is 0 Å². The van der Waals surface area contributed by atoms with Crippen LogP contribution in [0.15, 0.2) is 22.7 Å². The number of amides is 2. The first-order valence-corrected chi connectivity index (χ1v) is 6.92. The number of hydrogen-bond donors (Lipinski definition) is 1. The van der Waals surface area contributed by atoms with Crippen LogP contribution in [0.25, 0.3) is 0 Å². The Morgan fingerprint density at radius 1 is 1.39 bits per heavy atom. The third-order valence-corrected chi connectivity index (χ3v) is 4.17. The fourth-order valence-corrected chi connectivity index (χ4v) is 3.32. The van der Waals surface area contributed by atoms with Gasteiger partial charge in [-0.25, -0.2) is 0 Å². The molecular weight excluding hydrogens is 294 g/mol. The number of halogens is 1. The molecule has 0 radical (unpaired) electrons. The summed E-state index contributed by atoms with van der Waals surface area (Å²) in [5.74, 6) is -0.471. The number of hydrogen-bond acceptors (Lipinski definition) is 2. The number of rotatable bonds is 2. The normalized spacial score (nSPS) is 23.9. The van der Waals surface area contributed by atoms with Gasteiger partial charge in [-0.3, -0.25) is 14.9 Å². The molecule has 0 aromatic heterocycles. The maximum absolute atomic E-state index is 11.9. The number of aryl methyl sites for hydroxylation is 1. The molecule has 1 aliphatic heterocycles. The standard InChI is InChI=1S/C14H16BrNO2/c1-3-9-11(7-13(17)16-14(9)18)10-5-4-8(2)6-12(10)15/h4-6,9,11H,3,7H2,1-2H3,(H,16,17,18). The van der Waals surface area contributed by atoms with Crippen LogP contribution in [0.4, 0.5) is 0 Å². The van der Waals surface area contributed by atoms with Crippen LogP contribution in [0, 0.1) is 12.8 Å². The highest BCUT2D eigenvalue weighted by Gasteiger charge is 2.36. The minimum Gasteiger partial charge on any atom is -0.296 e. The summed E-state index contributed by atoms with van der Waals surface area (Å²) in [6, 6.07) is 6.06. The number of nitrogens with one attached hydrogen (secondary N) is 1. The van der Waals surface area contributed by atoms with Crippen LogP contribution in [-0.4, -0.2) is 11.8 Å². The maximum Gasteiger partial charge on any atom is 0.230 e. The van der Waals surface area contributed by atoms with Gasteiger partial charge in [0, 0.05) is 22.7 Å². The molecule has 4 heteroatoms. The topological polar surface area (TPSA) is 46.2 Å². The van der Waals surface area contributed by atoms with E-state index in [9.17, 15) is 9.59 Å². The molecule has 1 aromatic rings. The molecule has 1 aliphatic rings. The molecule has 2 atom stereocenters. The molecule has 96 valence electrons. The molecule has 0 aliphatic carbocycles. The van der Waals surface area contributed by atoms with Crippen LogP contribution in [0.1, 0.15) is 36.8 Å². The van der Waals surface area contributed by atoms with Gasteiger partial charge in [0.1, 0.15) is 0 Å². The molecular formula is C14H16BrNO2. The lowest BCUT2D eigenvalue weighted by Gasteiger charge is -2.30. The Balaban J connectivity index is 2.39. The molecule has 3 nitrogen and oxygen atoms in total. The zero-order valence-corrected chi connectivity index (χ0v) is 12.1. The summed E-state index contributed by atoms with van der Waals surface area (Å²) in [4.78, 5) is 23.4. The fourth-order valence-electron chi connectivity index (χ4n) is 2.54. The minimum atomic E-state index is -0.179. The fraction of sp³-hybridized carbons (Fsp3) is 0.429. The summed E-state index contributed by atoms with van der Waals surface area (Å²) in [5.41, 5.74) is 2.21. The Kier molecular flexibility index (Phi) is 3.85. The van der Waals surface area contributed by atoms with Crippen LogP contribution in [-0.2, 0) is 9.59 Å². The molecule has 1 N–H and O–H groups in total. The Morgan fingerprint density at radius 2 is 2.11 bits per heavy atom. The van der Waals surface area contributed by atoms with Crippen molar-refractivity contribution in [2.45, 2.75) is 32.6 Å². The zero-order chi connectivity index (χ0) is 13.3. The molecule has 2 amide bonds. The highest BCUT2D eigenvalue weighted by molar-refractivity contribution is 9.10. The first-order chi connectivity index (χ1) is 8.52. The Labute approximate surface area is 115 Å². The van der Waals surface area contributed by atoms with Crippen molar-refractivity contribution in [3.8, 4) is 0 Å². The van der Waals surface area contributed by atoms with Crippen molar-refractivity contribution in [1.29, 1.82) is 0 Å². The van der Waals surface area contributed by atoms with E-state index in [1.165, 1.54) is 0 Å². The van der Waals surface area contributed by atoms with Crippen molar-refractivity contribution < 1.29 is 9.59 Å². The van der Waals surface area contributed by atoms with E-state index in [-0.39, 0.29) is 23.7 Å². The average molecular weight is 310 g/mol. The highest BCUT2D eigenvalue weighted by atomic mass is 79.9. The van der Waals surface area contributed by atoms with Crippen molar-refractivity contribution in [3.63, 3.8) is 0 Å².